The van der Waals surface area contributed by atoms with Gasteiger partial charge >= 0.3 is 0 Å². The topological polar surface area (TPSA) is 0 Å². The maximum atomic E-state index is 6.44. The molecule has 0 radical (unpaired) electrons. The predicted octanol–water partition coefficient (Wildman–Crippen LogP) is 5.07. The highest BCUT2D eigenvalue weighted by Crippen LogP contribution is 2.32. The first-order valence-corrected chi connectivity index (χ1v) is 6.95. The summed E-state index contributed by atoms with van der Waals surface area (Å²) in [6, 6.07) is 8.10. The fourth-order valence-electron chi connectivity index (χ4n) is 2.51. The summed E-state index contributed by atoms with van der Waals surface area (Å²) in [6.45, 7) is 0. The van der Waals surface area contributed by atoms with Crippen LogP contribution in [-0.4, -0.2) is 5.38 Å². The van der Waals surface area contributed by atoms with Crippen molar-refractivity contribution in [2.24, 2.45) is 5.92 Å². The van der Waals surface area contributed by atoms with E-state index in [0.29, 0.717) is 5.38 Å². The Labute approximate surface area is 108 Å². The van der Waals surface area contributed by atoms with E-state index in [1.807, 2.05) is 12.1 Å². The minimum Gasteiger partial charge on any atom is -0.123 e. The normalized spacial score (nSPS) is 18.9. The summed E-state index contributed by atoms with van der Waals surface area (Å²) in [5, 5.41) is 1.17. The Morgan fingerprint density at radius 1 is 1.12 bits per heavy atom. The average molecular weight is 257 g/mol. The lowest BCUT2D eigenvalue weighted by Gasteiger charge is -2.16. The summed E-state index contributed by atoms with van der Waals surface area (Å²) < 4.78 is 0. The van der Waals surface area contributed by atoms with Gasteiger partial charge in [0.15, 0.2) is 0 Å². The van der Waals surface area contributed by atoms with E-state index in [-0.39, 0.29) is 0 Å². The van der Waals surface area contributed by atoms with Gasteiger partial charge in [-0.3, -0.25) is 0 Å². The Morgan fingerprint density at radius 3 is 2.38 bits per heavy atom. The molecule has 16 heavy (non-hydrogen) atoms. The number of aryl methyl sites for hydroxylation is 1. The lowest BCUT2D eigenvalue weighted by molar-refractivity contribution is 0.492. The van der Waals surface area contributed by atoms with Crippen LogP contribution < -0.4 is 0 Å². The van der Waals surface area contributed by atoms with Crippen LogP contribution in [0.5, 0.6) is 0 Å². The van der Waals surface area contributed by atoms with Gasteiger partial charge in [-0.15, -0.1) is 11.6 Å². The molecule has 0 aromatic heterocycles. The quantitative estimate of drug-likeness (QED) is 0.660. The summed E-state index contributed by atoms with van der Waals surface area (Å²) in [7, 11) is 0. The molecular formula is C14H18Cl2. The second kappa shape index (κ2) is 5.93. The average Bonchev–Trinajstić information content (AvgIpc) is 2.81. The molecule has 1 fully saturated rings. The molecular weight excluding hydrogens is 239 g/mol. The van der Waals surface area contributed by atoms with Gasteiger partial charge in [0.1, 0.15) is 0 Å². The van der Waals surface area contributed by atoms with Crippen LogP contribution in [0, 0.1) is 5.92 Å². The zero-order valence-corrected chi connectivity index (χ0v) is 11.0. The van der Waals surface area contributed by atoms with Crippen molar-refractivity contribution < 1.29 is 0 Å². The van der Waals surface area contributed by atoms with E-state index in [4.69, 9.17) is 23.2 Å². The van der Waals surface area contributed by atoms with Gasteiger partial charge in [0.25, 0.3) is 0 Å². The van der Waals surface area contributed by atoms with Crippen LogP contribution in [0.25, 0.3) is 0 Å². The molecule has 1 aliphatic rings. The molecule has 88 valence electrons. The monoisotopic (exact) mass is 256 g/mol. The van der Waals surface area contributed by atoms with Crippen LogP contribution in [-0.2, 0) is 6.42 Å². The van der Waals surface area contributed by atoms with E-state index < -0.39 is 0 Å². The van der Waals surface area contributed by atoms with Gasteiger partial charge in [-0.25, -0.2) is 0 Å². The Bertz CT molecular complexity index is 312. The second-order valence-electron chi connectivity index (χ2n) is 4.73. The Balaban J connectivity index is 1.80. The molecule has 0 aliphatic heterocycles. The number of benzene rings is 1. The molecule has 0 bridgehead atoms. The molecule has 0 spiro atoms. The highest BCUT2D eigenvalue weighted by molar-refractivity contribution is 6.30. The van der Waals surface area contributed by atoms with Crippen molar-refractivity contribution in [3.8, 4) is 0 Å². The summed E-state index contributed by atoms with van der Waals surface area (Å²) in [5.41, 5.74) is 1.34. The minimum atomic E-state index is 0.359. The van der Waals surface area contributed by atoms with E-state index in [1.165, 1.54) is 31.2 Å². The van der Waals surface area contributed by atoms with Crippen molar-refractivity contribution in [1.29, 1.82) is 0 Å². The van der Waals surface area contributed by atoms with Crippen LogP contribution >= 0.6 is 23.2 Å². The summed E-state index contributed by atoms with van der Waals surface area (Å²) in [6.07, 6.45) is 7.56. The van der Waals surface area contributed by atoms with Gasteiger partial charge in [-0.2, -0.15) is 0 Å². The molecule has 1 aromatic carbocycles. The Hall–Kier alpha value is -0.200. The molecule has 2 heteroatoms. The van der Waals surface area contributed by atoms with Crippen molar-refractivity contribution in [2.45, 2.75) is 43.9 Å². The molecule has 1 saturated carbocycles. The first kappa shape index (κ1) is 12.3. The van der Waals surface area contributed by atoms with Crippen molar-refractivity contribution in [1.82, 2.24) is 0 Å². The smallest absolute Gasteiger partial charge is 0.0406 e. The third-order valence-corrected chi connectivity index (χ3v) is 4.36. The number of alkyl halides is 1. The number of hydrogen-bond acceptors (Lipinski definition) is 0. The van der Waals surface area contributed by atoms with Crippen LogP contribution in [0.4, 0.5) is 0 Å². The first-order chi connectivity index (χ1) is 7.75. The highest BCUT2D eigenvalue weighted by atomic mass is 35.5. The summed E-state index contributed by atoms with van der Waals surface area (Å²) in [5.74, 6) is 0.758. The summed E-state index contributed by atoms with van der Waals surface area (Å²) >= 11 is 12.3. The third-order valence-electron chi connectivity index (χ3n) is 3.53. The molecule has 1 atom stereocenters. The van der Waals surface area contributed by atoms with Gasteiger partial charge in [-0.1, -0.05) is 36.6 Å². The lowest BCUT2D eigenvalue weighted by atomic mass is 9.98. The molecule has 0 saturated heterocycles. The van der Waals surface area contributed by atoms with Crippen LogP contribution in [0.1, 0.15) is 37.7 Å². The van der Waals surface area contributed by atoms with Crippen molar-refractivity contribution in [3.63, 3.8) is 0 Å². The molecule has 1 aromatic rings. The van der Waals surface area contributed by atoms with Crippen LogP contribution in [0.15, 0.2) is 24.3 Å². The van der Waals surface area contributed by atoms with E-state index in [9.17, 15) is 0 Å². The third kappa shape index (κ3) is 3.40. The van der Waals surface area contributed by atoms with Crippen LogP contribution in [0.3, 0.4) is 0 Å². The van der Waals surface area contributed by atoms with Crippen molar-refractivity contribution in [3.05, 3.63) is 34.9 Å². The molecule has 1 unspecified atom stereocenters. The predicted molar refractivity (Wildman–Crippen MR) is 71.4 cm³/mol. The maximum Gasteiger partial charge on any atom is 0.0406 e. The fraction of sp³-hybridized carbons (Fsp3) is 0.571. The maximum absolute atomic E-state index is 6.44. The van der Waals surface area contributed by atoms with E-state index in [0.717, 1.165) is 23.8 Å². The van der Waals surface area contributed by atoms with Gasteiger partial charge in [-0.05, 0) is 49.3 Å². The zero-order valence-electron chi connectivity index (χ0n) is 9.46. The first-order valence-electron chi connectivity index (χ1n) is 6.14. The molecule has 0 amide bonds. The van der Waals surface area contributed by atoms with E-state index in [1.54, 1.807) is 0 Å². The highest BCUT2D eigenvalue weighted by Gasteiger charge is 2.22. The summed E-state index contributed by atoms with van der Waals surface area (Å²) in [4.78, 5) is 0. The molecule has 1 aliphatic carbocycles. The second-order valence-corrected chi connectivity index (χ2v) is 5.72. The van der Waals surface area contributed by atoms with E-state index >= 15 is 0 Å². The molecule has 2 rings (SSSR count). The molecule has 0 nitrogen and oxygen atoms in total. The molecule has 0 N–H and O–H groups in total. The SMILES string of the molecule is Clc1ccc(CCC(Cl)C2CCCC2)cc1. The van der Waals surface area contributed by atoms with Crippen molar-refractivity contribution >= 4 is 23.2 Å². The largest absolute Gasteiger partial charge is 0.123 e. The lowest BCUT2D eigenvalue weighted by Crippen LogP contribution is -2.12. The zero-order chi connectivity index (χ0) is 11.4. The van der Waals surface area contributed by atoms with Gasteiger partial charge in [0.2, 0.25) is 0 Å². The molecule has 0 heterocycles. The number of rotatable bonds is 4. The Kier molecular flexibility index (Phi) is 4.55. The number of hydrogen-bond donors (Lipinski definition) is 0. The van der Waals surface area contributed by atoms with Gasteiger partial charge in [0.05, 0.1) is 0 Å². The van der Waals surface area contributed by atoms with Gasteiger partial charge in [0, 0.05) is 10.4 Å². The van der Waals surface area contributed by atoms with Gasteiger partial charge < -0.3 is 0 Å². The standard InChI is InChI=1S/C14H18Cl2/c15-13-8-5-11(6-9-13)7-10-14(16)12-3-1-2-4-12/h5-6,8-9,12,14H,1-4,7,10H2. The Morgan fingerprint density at radius 2 is 1.75 bits per heavy atom. The van der Waals surface area contributed by atoms with E-state index in [2.05, 4.69) is 12.1 Å². The number of halogens is 2. The minimum absolute atomic E-state index is 0.359. The fourth-order valence-corrected chi connectivity index (χ4v) is 3.00. The van der Waals surface area contributed by atoms with Crippen LogP contribution in [0.2, 0.25) is 5.02 Å². The van der Waals surface area contributed by atoms with Crippen molar-refractivity contribution in [2.75, 3.05) is 0 Å².